The van der Waals surface area contributed by atoms with Crippen molar-refractivity contribution in [3.05, 3.63) is 118 Å². The van der Waals surface area contributed by atoms with Gasteiger partial charge >= 0.3 is 0 Å². The third-order valence-corrected chi connectivity index (χ3v) is 12.7. The van der Waals surface area contributed by atoms with Crippen molar-refractivity contribution in [2.24, 2.45) is 5.92 Å². The van der Waals surface area contributed by atoms with Crippen LogP contribution in [0, 0.1) is 18.7 Å². The summed E-state index contributed by atoms with van der Waals surface area (Å²) in [6, 6.07) is 24.8. The van der Waals surface area contributed by atoms with Crippen molar-refractivity contribution in [2.45, 2.75) is 57.0 Å². The highest BCUT2D eigenvalue weighted by atomic mass is 19.1. The molecular formula is C45H48FN5O5. The van der Waals surface area contributed by atoms with E-state index in [1.807, 2.05) is 24.3 Å². The fourth-order valence-corrected chi connectivity index (χ4v) is 9.64. The number of amides is 3. The van der Waals surface area contributed by atoms with Gasteiger partial charge in [-0.3, -0.25) is 24.6 Å². The normalized spacial score (nSPS) is 23.1. The van der Waals surface area contributed by atoms with Crippen LogP contribution in [-0.4, -0.2) is 91.1 Å². The van der Waals surface area contributed by atoms with Gasteiger partial charge in [-0.25, -0.2) is 4.39 Å². The van der Waals surface area contributed by atoms with Crippen LogP contribution in [-0.2, 0) is 16.1 Å². The smallest absolute Gasteiger partial charge is 0.255 e. The van der Waals surface area contributed by atoms with E-state index in [1.54, 1.807) is 23.1 Å². The van der Waals surface area contributed by atoms with Crippen LogP contribution < -0.4 is 19.9 Å². The molecule has 5 aliphatic heterocycles. The van der Waals surface area contributed by atoms with Gasteiger partial charge in [0.2, 0.25) is 11.8 Å². The molecule has 0 spiro atoms. The Bertz CT molecular complexity index is 2180. The largest absolute Gasteiger partial charge is 0.508 e. The van der Waals surface area contributed by atoms with E-state index in [9.17, 15) is 19.5 Å². The minimum absolute atomic E-state index is 0.00621. The van der Waals surface area contributed by atoms with Crippen molar-refractivity contribution >= 4 is 29.1 Å². The Labute approximate surface area is 326 Å². The lowest BCUT2D eigenvalue weighted by Gasteiger charge is -2.40. The summed E-state index contributed by atoms with van der Waals surface area (Å²) in [4.78, 5) is 46.0. The Hall–Kier alpha value is -5.42. The monoisotopic (exact) mass is 757 g/mol. The number of phenolic OH excluding ortho intramolecular Hbond substituents is 1. The topological polar surface area (TPSA) is 106 Å². The molecule has 5 aliphatic rings. The van der Waals surface area contributed by atoms with Crippen LogP contribution in [0.4, 0.5) is 15.8 Å². The molecule has 10 nitrogen and oxygen atoms in total. The fourth-order valence-electron chi connectivity index (χ4n) is 9.64. The third-order valence-electron chi connectivity index (χ3n) is 12.7. The van der Waals surface area contributed by atoms with Crippen molar-refractivity contribution in [2.75, 3.05) is 62.2 Å². The molecule has 0 aromatic heterocycles. The van der Waals surface area contributed by atoms with Gasteiger partial charge in [0.25, 0.3) is 5.91 Å². The lowest BCUT2D eigenvalue weighted by Crippen LogP contribution is -2.52. The zero-order chi connectivity index (χ0) is 38.5. The Morgan fingerprint density at radius 1 is 0.839 bits per heavy atom. The molecule has 2 unspecified atom stereocenters. The van der Waals surface area contributed by atoms with E-state index in [1.165, 1.54) is 5.56 Å². The van der Waals surface area contributed by atoms with E-state index in [4.69, 9.17) is 4.74 Å². The molecule has 3 amide bonds. The predicted molar refractivity (Wildman–Crippen MR) is 212 cm³/mol. The van der Waals surface area contributed by atoms with Gasteiger partial charge in [-0.15, -0.1) is 0 Å². The van der Waals surface area contributed by atoms with Crippen LogP contribution in [0.2, 0.25) is 0 Å². The summed E-state index contributed by atoms with van der Waals surface area (Å²) in [6.45, 7) is 9.25. The van der Waals surface area contributed by atoms with E-state index in [0.717, 1.165) is 86.6 Å². The van der Waals surface area contributed by atoms with E-state index >= 15 is 4.39 Å². The van der Waals surface area contributed by atoms with E-state index < -0.39 is 6.04 Å². The zero-order valence-electron chi connectivity index (χ0n) is 31.8. The minimum Gasteiger partial charge on any atom is -0.508 e. The lowest BCUT2D eigenvalue weighted by molar-refractivity contribution is -0.136. The molecule has 290 valence electrons. The molecule has 0 aliphatic carbocycles. The summed E-state index contributed by atoms with van der Waals surface area (Å²) in [6.07, 6.45) is 2.62. The standard InChI is InChI=1S/C45H48FN5O5/c1-28-3-2-4-30(21-28)37-27-56-41-24-34(52)7-9-36(41)43(37)31-5-10-39(38(46)23-31)50-15-13-29(14-16-50)25-48-17-19-49(20-18-48)33-6-8-35-32(22-33)26-51(45(35)55)40-11-12-42(53)47-44(40)54/h2-10,21-24,29,37,40,43,52H,11-20,25-27H2,1H3,(H,47,53,54)/t37?,40?,43-/m1/s1. The summed E-state index contributed by atoms with van der Waals surface area (Å²) in [5.41, 5.74) is 7.50. The average Bonchev–Trinajstić information content (AvgIpc) is 3.52. The number of anilines is 2. The maximum absolute atomic E-state index is 16.1. The summed E-state index contributed by atoms with van der Waals surface area (Å²) in [5, 5.41) is 12.5. The fraction of sp³-hybridized carbons (Fsp3) is 0.400. The highest BCUT2D eigenvalue weighted by Gasteiger charge is 2.40. The van der Waals surface area contributed by atoms with Crippen LogP contribution in [0.5, 0.6) is 11.5 Å². The molecule has 11 heteroatoms. The molecule has 9 rings (SSSR count). The van der Waals surface area contributed by atoms with Gasteiger partial charge in [0.15, 0.2) is 0 Å². The molecule has 2 N–H and O–H groups in total. The van der Waals surface area contributed by atoms with Gasteiger partial charge in [-0.05, 0) is 85.2 Å². The number of piperidine rings is 2. The van der Waals surface area contributed by atoms with E-state index in [-0.39, 0.29) is 47.5 Å². The summed E-state index contributed by atoms with van der Waals surface area (Å²) in [7, 11) is 0. The van der Waals surface area contributed by atoms with Gasteiger partial charge in [0.1, 0.15) is 23.4 Å². The molecular weight excluding hydrogens is 710 g/mol. The first-order valence-corrected chi connectivity index (χ1v) is 20.0. The molecule has 3 fully saturated rings. The van der Waals surface area contributed by atoms with Gasteiger partial charge in [0, 0.05) is 93.5 Å². The first kappa shape index (κ1) is 36.2. The molecule has 0 bridgehead atoms. The van der Waals surface area contributed by atoms with Gasteiger partial charge in [-0.2, -0.15) is 0 Å². The zero-order valence-corrected chi connectivity index (χ0v) is 31.8. The van der Waals surface area contributed by atoms with Crippen LogP contribution in [0.3, 0.4) is 0 Å². The molecule has 4 aromatic carbocycles. The molecule has 0 radical (unpaired) electrons. The quantitative estimate of drug-likeness (QED) is 0.223. The highest BCUT2D eigenvalue weighted by molar-refractivity contribution is 6.05. The summed E-state index contributed by atoms with van der Waals surface area (Å²) >= 11 is 0. The van der Waals surface area contributed by atoms with Gasteiger partial charge in [0.05, 0.1) is 12.3 Å². The minimum atomic E-state index is -0.609. The number of aromatic hydroxyl groups is 1. The number of hydrogen-bond donors (Lipinski definition) is 2. The molecule has 5 heterocycles. The molecule has 3 saturated heterocycles. The van der Waals surface area contributed by atoms with Crippen molar-refractivity contribution < 1.29 is 28.6 Å². The first-order chi connectivity index (χ1) is 27.2. The van der Waals surface area contributed by atoms with Crippen LogP contribution in [0.1, 0.15) is 75.7 Å². The average molecular weight is 758 g/mol. The number of rotatable bonds is 7. The Morgan fingerprint density at radius 2 is 1.66 bits per heavy atom. The lowest BCUT2D eigenvalue weighted by atomic mass is 9.75. The molecule has 0 saturated carbocycles. The van der Waals surface area contributed by atoms with Crippen molar-refractivity contribution in [1.82, 2.24) is 15.1 Å². The maximum Gasteiger partial charge on any atom is 0.255 e. The van der Waals surface area contributed by atoms with E-state index in [2.05, 4.69) is 63.3 Å². The van der Waals surface area contributed by atoms with E-state index in [0.29, 0.717) is 42.5 Å². The number of phenols is 1. The molecule has 4 aromatic rings. The number of hydrogen-bond acceptors (Lipinski definition) is 8. The van der Waals surface area contributed by atoms with Crippen molar-refractivity contribution in [3.8, 4) is 11.5 Å². The second-order valence-corrected chi connectivity index (χ2v) is 16.2. The van der Waals surface area contributed by atoms with Crippen LogP contribution in [0.25, 0.3) is 0 Å². The number of ether oxygens (including phenoxy) is 1. The Morgan fingerprint density at radius 3 is 2.43 bits per heavy atom. The molecule has 3 atom stereocenters. The number of aryl methyl sites for hydroxylation is 1. The number of nitrogens with one attached hydrogen (secondary N) is 1. The number of benzene rings is 4. The number of halogens is 1. The van der Waals surface area contributed by atoms with Crippen molar-refractivity contribution in [1.29, 1.82) is 0 Å². The second kappa shape index (κ2) is 14.9. The Kier molecular flexibility index (Phi) is 9.65. The molecule has 56 heavy (non-hydrogen) atoms. The second-order valence-electron chi connectivity index (χ2n) is 16.2. The van der Waals surface area contributed by atoms with Crippen LogP contribution >= 0.6 is 0 Å². The number of fused-ring (bicyclic) bond motifs is 2. The number of imide groups is 1. The third kappa shape index (κ3) is 6.97. The number of carbonyl (C=O) groups is 3. The first-order valence-electron chi connectivity index (χ1n) is 20.0. The highest BCUT2D eigenvalue weighted by Crippen LogP contribution is 2.47. The Balaban J connectivity index is 0.799. The van der Waals surface area contributed by atoms with Crippen LogP contribution in [0.15, 0.2) is 78.9 Å². The van der Waals surface area contributed by atoms with Gasteiger partial charge in [-0.1, -0.05) is 42.0 Å². The SMILES string of the molecule is Cc1cccc(C2COc3cc(O)ccc3[C@H]2c2ccc(N3CCC(CN4CCN(c5ccc6c(c5)CN(C5CCC(=O)NC5=O)C6=O)CC4)CC3)c(F)c2)c1. The number of nitrogens with zero attached hydrogens (tertiary/aromatic N) is 4. The number of piperazine rings is 1. The van der Waals surface area contributed by atoms with Crippen molar-refractivity contribution in [3.63, 3.8) is 0 Å². The summed E-state index contributed by atoms with van der Waals surface area (Å²) in [5.74, 6) is 0.223. The van der Waals surface area contributed by atoms with Gasteiger partial charge < -0.3 is 24.5 Å². The maximum atomic E-state index is 16.1. The summed E-state index contributed by atoms with van der Waals surface area (Å²) < 4.78 is 22.3. The predicted octanol–water partition coefficient (Wildman–Crippen LogP) is 5.95. The number of carbonyl (C=O) groups excluding carboxylic acids is 3.